The first-order valence-electron chi connectivity index (χ1n) is 3.57. The fourth-order valence-corrected chi connectivity index (χ4v) is 1.07. The van der Waals surface area contributed by atoms with E-state index in [1.54, 1.807) is 4.90 Å². The highest BCUT2D eigenvalue weighted by Crippen LogP contribution is 2.00. The molecule has 0 aromatic heterocycles. The summed E-state index contributed by atoms with van der Waals surface area (Å²) in [5, 5.41) is 10.2. The van der Waals surface area contributed by atoms with E-state index in [1.165, 1.54) is 0 Å². The normalized spacial score (nSPS) is 15.6. The number of hydrogen-bond acceptors (Lipinski definition) is 4. The summed E-state index contributed by atoms with van der Waals surface area (Å²) >= 11 is 0. The second-order valence-corrected chi connectivity index (χ2v) is 2.41. The van der Waals surface area contributed by atoms with Crippen LogP contribution in [0.3, 0.4) is 0 Å². The SMILES string of the molecule is C#CCN1CCN=C1C[N+](=O)[O-]. The van der Waals surface area contributed by atoms with Crippen molar-refractivity contribution >= 4 is 5.84 Å². The maximum absolute atomic E-state index is 10.2. The summed E-state index contributed by atoms with van der Waals surface area (Å²) in [5.41, 5.74) is 0. The zero-order chi connectivity index (χ0) is 8.97. The summed E-state index contributed by atoms with van der Waals surface area (Å²) in [7, 11) is 0. The monoisotopic (exact) mass is 167 g/mol. The van der Waals surface area contributed by atoms with Gasteiger partial charge in [0.2, 0.25) is 0 Å². The number of aliphatic imine (C=N–C) groups is 1. The topological polar surface area (TPSA) is 58.7 Å². The average molecular weight is 167 g/mol. The number of nitro groups is 1. The first-order valence-corrected chi connectivity index (χ1v) is 3.57. The minimum absolute atomic E-state index is 0.221. The molecule has 1 aliphatic heterocycles. The Balaban J connectivity index is 2.52. The Morgan fingerprint density at radius 2 is 2.58 bits per heavy atom. The summed E-state index contributed by atoms with van der Waals surface area (Å²) in [6.07, 6.45) is 5.08. The van der Waals surface area contributed by atoms with E-state index in [2.05, 4.69) is 10.9 Å². The van der Waals surface area contributed by atoms with Crippen LogP contribution in [-0.2, 0) is 0 Å². The van der Waals surface area contributed by atoms with E-state index in [1.807, 2.05) is 0 Å². The molecule has 1 rings (SSSR count). The molecular formula is C7H9N3O2. The summed E-state index contributed by atoms with van der Waals surface area (Å²) in [5.74, 6) is 2.93. The van der Waals surface area contributed by atoms with Gasteiger partial charge in [0.15, 0.2) is 5.84 Å². The molecule has 0 fully saturated rings. The first-order chi connectivity index (χ1) is 5.74. The molecule has 0 aliphatic carbocycles. The largest absolute Gasteiger partial charge is 0.342 e. The van der Waals surface area contributed by atoms with E-state index in [0.29, 0.717) is 25.5 Å². The molecule has 0 amide bonds. The van der Waals surface area contributed by atoms with E-state index in [9.17, 15) is 10.1 Å². The van der Waals surface area contributed by atoms with Crippen LogP contribution in [0.25, 0.3) is 0 Å². The maximum atomic E-state index is 10.2. The van der Waals surface area contributed by atoms with Crippen LogP contribution in [0, 0.1) is 22.5 Å². The Kier molecular flexibility index (Phi) is 2.64. The predicted octanol–water partition coefficient (Wildman–Crippen LogP) is -0.390. The van der Waals surface area contributed by atoms with Crippen molar-refractivity contribution in [3.05, 3.63) is 10.1 Å². The van der Waals surface area contributed by atoms with Crippen LogP contribution >= 0.6 is 0 Å². The van der Waals surface area contributed by atoms with Gasteiger partial charge in [-0.3, -0.25) is 15.1 Å². The molecule has 12 heavy (non-hydrogen) atoms. The van der Waals surface area contributed by atoms with Gasteiger partial charge in [0.1, 0.15) is 0 Å². The molecule has 0 atom stereocenters. The van der Waals surface area contributed by atoms with E-state index < -0.39 is 4.92 Å². The molecule has 1 heterocycles. The smallest absolute Gasteiger partial charge is 0.260 e. The summed E-state index contributed by atoms with van der Waals surface area (Å²) in [6, 6.07) is 0. The van der Waals surface area contributed by atoms with Crippen LogP contribution in [0.2, 0.25) is 0 Å². The predicted molar refractivity (Wildman–Crippen MR) is 44.6 cm³/mol. The number of amidine groups is 1. The third kappa shape index (κ3) is 1.95. The number of nitrogens with zero attached hydrogens (tertiary/aromatic N) is 3. The second kappa shape index (κ2) is 3.72. The van der Waals surface area contributed by atoms with Crippen LogP contribution in [-0.4, -0.2) is 41.8 Å². The minimum Gasteiger partial charge on any atom is -0.342 e. The lowest BCUT2D eigenvalue weighted by Gasteiger charge is -2.13. The van der Waals surface area contributed by atoms with Crippen molar-refractivity contribution in [3.63, 3.8) is 0 Å². The van der Waals surface area contributed by atoms with Gasteiger partial charge in [-0.05, 0) is 0 Å². The van der Waals surface area contributed by atoms with Crippen molar-refractivity contribution < 1.29 is 4.92 Å². The maximum Gasteiger partial charge on any atom is 0.260 e. The van der Waals surface area contributed by atoms with Crippen molar-refractivity contribution in [1.29, 1.82) is 0 Å². The van der Waals surface area contributed by atoms with Crippen LogP contribution in [0.15, 0.2) is 4.99 Å². The van der Waals surface area contributed by atoms with Gasteiger partial charge in [-0.15, -0.1) is 6.42 Å². The van der Waals surface area contributed by atoms with Gasteiger partial charge in [-0.2, -0.15) is 0 Å². The van der Waals surface area contributed by atoms with Crippen LogP contribution in [0.4, 0.5) is 0 Å². The fraction of sp³-hybridized carbons (Fsp3) is 0.571. The van der Waals surface area contributed by atoms with E-state index in [4.69, 9.17) is 6.42 Å². The van der Waals surface area contributed by atoms with E-state index in [0.717, 1.165) is 0 Å². The second-order valence-electron chi connectivity index (χ2n) is 2.41. The molecule has 1 aliphatic rings. The quantitative estimate of drug-likeness (QED) is 0.327. The van der Waals surface area contributed by atoms with Crippen LogP contribution < -0.4 is 0 Å². The molecule has 0 bridgehead atoms. The molecule has 5 heteroatoms. The van der Waals surface area contributed by atoms with Crippen molar-refractivity contribution in [3.8, 4) is 12.3 Å². The molecule has 0 unspecified atom stereocenters. The average Bonchev–Trinajstić information content (AvgIpc) is 2.37. The molecule has 64 valence electrons. The van der Waals surface area contributed by atoms with Crippen molar-refractivity contribution in [2.75, 3.05) is 26.2 Å². The summed E-state index contributed by atoms with van der Waals surface area (Å²) in [6.45, 7) is 1.51. The third-order valence-corrected chi connectivity index (χ3v) is 1.58. The molecule has 0 aromatic rings. The Bertz CT molecular complexity index is 254. The molecular weight excluding hydrogens is 158 g/mol. The van der Waals surface area contributed by atoms with Crippen molar-refractivity contribution in [2.45, 2.75) is 0 Å². The van der Waals surface area contributed by atoms with Crippen molar-refractivity contribution in [2.24, 2.45) is 4.99 Å². The zero-order valence-electron chi connectivity index (χ0n) is 6.56. The lowest BCUT2D eigenvalue weighted by molar-refractivity contribution is -0.464. The number of rotatable bonds is 3. The number of hydrogen-bond donors (Lipinski definition) is 0. The molecule has 5 nitrogen and oxygen atoms in total. The van der Waals surface area contributed by atoms with E-state index in [-0.39, 0.29) is 6.54 Å². The van der Waals surface area contributed by atoms with E-state index >= 15 is 0 Å². The lowest BCUT2D eigenvalue weighted by atomic mass is 10.4. The molecule has 0 radical (unpaired) electrons. The molecule has 0 spiro atoms. The highest BCUT2D eigenvalue weighted by molar-refractivity contribution is 5.84. The molecule has 0 N–H and O–H groups in total. The lowest BCUT2D eigenvalue weighted by Crippen LogP contribution is -2.32. The van der Waals surface area contributed by atoms with Crippen molar-refractivity contribution in [1.82, 2.24) is 4.90 Å². The fourth-order valence-electron chi connectivity index (χ4n) is 1.07. The van der Waals surface area contributed by atoms with Gasteiger partial charge in [0.05, 0.1) is 13.1 Å². The van der Waals surface area contributed by atoms with Gasteiger partial charge in [-0.1, -0.05) is 5.92 Å². The highest BCUT2D eigenvalue weighted by Gasteiger charge is 2.19. The van der Waals surface area contributed by atoms with Gasteiger partial charge >= 0.3 is 0 Å². The Labute approximate surface area is 70.2 Å². The van der Waals surface area contributed by atoms with Crippen LogP contribution in [0.5, 0.6) is 0 Å². The third-order valence-electron chi connectivity index (χ3n) is 1.58. The minimum atomic E-state index is -0.395. The van der Waals surface area contributed by atoms with Gasteiger partial charge in [0, 0.05) is 11.5 Å². The van der Waals surface area contributed by atoms with Gasteiger partial charge in [-0.25, -0.2) is 0 Å². The number of terminal acetylenes is 1. The first kappa shape index (κ1) is 8.53. The summed E-state index contributed by atoms with van der Waals surface area (Å²) < 4.78 is 0. The molecule has 0 saturated carbocycles. The highest BCUT2D eigenvalue weighted by atomic mass is 16.6. The standard InChI is InChI=1S/C7H9N3O2/c1-2-4-9-5-3-8-7(9)6-10(11)12/h1H,3-6H2. The summed E-state index contributed by atoms with van der Waals surface area (Å²) in [4.78, 5) is 15.5. The zero-order valence-corrected chi connectivity index (χ0v) is 6.56. The molecule has 0 saturated heterocycles. The van der Waals surface area contributed by atoms with Gasteiger partial charge in [0.25, 0.3) is 6.54 Å². The Morgan fingerprint density at radius 3 is 3.17 bits per heavy atom. The Morgan fingerprint density at radius 1 is 1.83 bits per heavy atom. The molecule has 0 aromatic carbocycles. The van der Waals surface area contributed by atoms with Gasteiger partial charge < -0.3 is 4.90 Å². The van der Waals surface area contributed by atoms with Crippen LogP contribution in [0.1, 0.15) is 0 Å². The Hall–Kier alpha value is -1.57.